The topological polar surface area (TPSA) is 66.9 Å². The molecule has 5 nitrogen and oxygen atoms in total. The summed E-state index contributed by atoms with van der Waals surface area (Å²) in [6, 6.07) is 0.560. The van der Waals surface area contributed by atoms with Crippen LogP contribution in [0, 0.1) is 0 Å². The van der Waals surface area contributed by atoms with Crippen LogP contribution in [-0.2, 0) is 4.79 Å². The van der Waals surface area contributed by atoms with Gasteiger partial charge in [-0.3, -0.25) is 4.79 Å². The second kappa shape index (κ2) is 3.80. The molecule has 0 radical (unpaired) electrons. The summed E-state index contributed by atoms with van der Waals surface area (Å²) in [6.45, 7) is 0.378. The van der Waals surface area contributed by atoms with Gasteiger partial charge >= 0.3 is 0 Å². The van der Waals surface area contributed by atoms with Crippen molar-refractivity contribution < 1.29 is 4.79 Å². The zero-order valence-electron chi connectivity index (χ0n) is 6.99. The summed E-state index contributed by atoms with van der Waals surface area (Å²) < 4.78 is 3.64. The lowest BCUT2D eigenvalue weighted by Gasteiger charge is -2.01. The SMILES string of the molecule is O=C(CNC1CC1)Nc1cnns1. The summed E-state index contributed by atoms with van der Waals surface area (Å²) in [7, 11) is 0. The first-order chi connectivity index (χ1) is 6.34. The van der Waals surface area contributed by atoms with Gasteiger partial charge in [0.25, 0.3) is 0 Å². The summed E-state index contributed by atoms with van der Waals surface area (Å²) in [5.74, 6) is -0.0297. The first kappa shape index (κ1) is 8.58. The molecule has 1 amide bonds. The van der Waals surface area contributed by atoms with E-state index in [0.717, 1.165) is 0 Å². The molecule has 0 unspecified atom stereocenters. The predicted molar refractivity (Wildman–Crippen MR) is 49.6 cm³/mol. The zero-order chi connectivity index (χ0) is 9.10. The summed E-state index contributed by atoms with van der Waals surface area (Å²) in [5, 5.41) is 10.1. The highest BCUT2D eigenvalue weighted by Gasteiger charge is 2.21. The Kier molecular flexibility index (Phi) is 2.51. The first-order valence-electron chi connectivity index (χ1n) is 4.15. The van der Waals surface area contributed by atoms with Crippen molar-refractivity contribution in [3.8, 4) is 0 Å². The van der Waals surface area contributed by atoms with E-state index in [1.165, 1.54) is 24.4 Å². The van der Waals surface area contributed by atoms with Gasteiger partial charge in [-0.05, 0) is 12.8 Å². The quantitative estimate of drug-likeness (QED) is 0.726. The minimum absolute atomic E-state index is 0.0297. The maximum atomic E-state index is 11.2. The van der Waals surface area contributed by atoms with Gasteiger partial charge in [-0.15, -0.1) is 5.10 Å². The maximum Gasteiger partial charge on any atom is 0.239 e. The second-order valence-electron chi connectivity index (χ2n) is 2.99. The van der Waals surface area contributed by atoms with E-state index in [2.05, 4.69) is 20.2 Å². The Labute approximate surface area is 79.7 Å². The number of carbonyl (C=O) groups excluding carboxylic acids is 1. The molecule has 2 rings (SSSR count). The fourth-order valence-corrected chi connectivity index (χ4v) is 1.36. The van der Waals surface area contributed by atoms with Gasteiger partial charge in [-0.25, -0.2) is 0 Å². The van der Waals surface area contributed by atoms with E-state index >= 15 is 0 Å². The van der Waals surface area contributed by atoms with E-state index in [1.54, 1.807) is 6.20 Å². The maximum absolute atomic E-state index is 11.2. The molecule has 6 heteroatoms. The molecule has 13 heavy (non-hydrogen) atoms. The van der Waals surface area contributed by atoms with Crippen molar-refractivity contribution in [2.45, 2.75) is 18.9 Å². The molecule has 0 aliphatic heterocycles. The van der Waals surface area contributed by atoms with Gasteiger partial charge < -0.3 is 10.6 Å². The molecule has 70 valence electrons. The van der Waals surface area contributed by atoms with E-state index < -0.39 is 0 Å². The summed E-state index contributed by atoms with van der Waals surface area (Å²) in [4.78, 5) is 11.2. The van der Waals surface area contributed by atoms with E-state index in [4.69, 9.17) is 0 Å². The van der Waals surface area contributed by atoms with Crippen LogP contribution in [-0.4, -0.2) is 28.1 Å². The van der Waals surface area contributed by atoms with E-state index in [0.29, 0.717) is 17.6 Å². The van der Waals surface area contributed by atoms with Crippen molar-refractivity contribution in [2.75, 3.05) is 11.9 Å². The Morgan fingerprint density at radius 3 is 3.15 bits per heavy atom. The summed E-state index contributed by atoms with van der Waals surface area (Å²) >= 11 is 1.18. The molecule has 0 bridgehead atoms. The number of aromatic nitrogens is 2. The molecule has 1 aromatic heterocycles. The van der Waals surface area contributed by atoms with Gasteiger partial charge in [0, 0.05) is 17.6 Å². The fourth-order valence-electron chi connectivity index (χ4n) is 0.928. The normalized spacial score (nSPS) is 15.7. The molecule has 1 aliphatic rings. The molecular formula is C7H10N4OS. The molecule has 1 heterocycles. The Balaban J connectivity index is 1.71. The Hall–Kier alpha value is -1.01. The molecule has 1 fully saturated rings. The van der Waals surface area contributed by atoms with Crippen molar-refractivity contribution in [2.24, 2.45) is 0 Å². The standard InChI is InChI=1S/C7H10N4OS/c12-6(3-8-5-1-2-5)10-7-4-9-11-13-7/h4-5,8H,1-3H2,(H,10,12). The van der Waals surface area contributed by atoms with E-state index in [-0.39, 0.29) is 5.91 Å². The number of carbonyl (C=O) groups is 1. The third-order valence-electron chi connectivity index (χ3n) is 1.75. The number of nitrogens with one attached hydrogen (secondary N) is 2. The van der Waals surface area contributed by atoms with E-state index in [1.807, 2.05) is 0 Å². The van der Waals surface area contributed by atoms with Crippen LogP contribution in [0.5, 0.6) is 0 Å². The Bertz CT molecular complexity index is 283. The van der Waals surface area contributed by atoms with Gasteiger partial charge in [0.1, 0.15) is 5.00 Å². The molecule has 1 aliphatic carbocycles. The number of hydrogen-bond acceptors (Lipinski definition) is 5. The first-order valence-corrected chi connectivity index (χ1v) is 4.92. The van der Waals surface area contributed by atoms with Crippen LogP contribution < -0.4 is 10.6 Å². The minimum atomic E-state index is -0.0297. The van der Waals surface area contributed by atoms with Crippen LogP contribution in [0.25, 0.3) is 0 Å². The molecular weight excluding hydrogens is 188 g/mol. The van der Waals surface area contributed by atoms with Gasteiger partial charge in [-0.1, -0.05) is 4.49 Å². The highest BCUT2D eigenvalue weighted by atomic mass is 32.1. The predicted octanol–water partition coefficient (Wildman–Crippen LogP) is 0.229. The molecule has 1 aromatic rings. The zero-order valence-corrected chi connectivity index (χ0v) is 7.80. The summed E-state index contributed by atoms with van der Waals surface area (Å²) in [6.07, 6.45) is 3.92. The van der Waals surface area contributed by atoms with Crippen molar-refractivity contribution in [3.05, 3.63) is 6.20 Å². The highest BCUT2D eigenvalue weighted by Crippen LogP contribution is 2.18. The second-order valence-corrected chi connectivity index (χ2v) is 3.77. The van der Waals surface area contributed by atoms with Gasteiger partial charge in [0.2, 0.25) is 5.91 Å². The smallest absolute Gasteiger partial charge is 0.239 e. The van der Waals surface area contributed by atoms with Crippen molar-refractivity contribution in [3.63, 3.8) is 0 Å². The van der Waals surface area contributed by atoms with Crippen LogP contribution in [0.1, 0.15) is 12.8 Å². The van der Waals surface area contributed by atoms with Gasteiger partial charge in [0.15, 0.2) is 0 Å². The van der Waals surface area contributed by atoms with Crippen molar-refractivity contribution in [1.29, 1.82) is 0 Å². The average Bonchev–Trinajstić information content (AvgIpc) is 2.82. The fraction of sp³-hybridized carbons (Fsp3) is 0.571. The molecule has 1 saturated carbocycles. The number of anilines is 1. The average molecular weight is 198 g/mol. The highest BCUT2D eigenvalue weighted by molar-refractivity contribution is 7.10. The van der Waals surface area contributed by atoms with Crippen LogP contribution in [0.2, 0.25) is 0 Å². The molecule has 0 aromatic carbocycles. The van der Waals surface area contributed by atoms with E-state index in [9.17, 15) is 4.79 Å². The van der Waals surface area contributed by atoms with Crippen LogP contribution >= 0.6 is 11.5 Å². The number of amides is 1. The Morgan fingerprint density at radius 2 is 2.54 bits per heavy atom. The molecule has 2 N–H and O–H groups in total. The Morgan fingerprint density at radius 1 is 1.69 bits per heavy atom. The van der Waals surface area contributed by atoms with Crippen LogP contribution in [0.4, 0.5) is 5.00 Å². The third kappa shape index (κ3) is 2.74. The molecule has 0 saturated heterocycles. The summed E-state index contributed by atoms with van der Waals surface area (Å²) in [5.41, 5.74) is 0. The van der Waals surface area contributed by atoms with Crippen LogP contribution in [0.15, 0.2) is 6.20 Å². The lowest BCUT2D eigenvalue weighted by molar-refractivity contribution is -0.115. The lowest BCUT2D eigenvalue weighted by Crippen LogP contribution is -2.29. The number of hydrogen-bond donors (Lipinski definition) is 2. The molecule has 0 spiro atoms. The number of rotatable bonds is 4. The minimum Gasteiger partial charge on any atom is -0.314 e. The third-order valence-corrected chi connectivity index (χ3v) is 2.33. The lowest BCUT2D eigenvalue weighted by atomic mass is 10.5. The monoisotopic (exact) mass is 198 g/mol. The van der Waals surface area contributed by atoms with Crippen molar-refractivity contribution >= 4 is 22.4 Å². The van der Waals surface area contributed by atoms with Crippen molar-refractivity contribution in [1.82, 2.24) is 14.9 Å². The largest absolute Gasteiger partial charge is 0.314 e. The van der Waals surface area contributed by atoms with Gasteiger partial charge in [-0.2, -0.15) is 0 Å². The molecule has 0 atom stereocenters. The number of nitrogens with zero attached hydrogens (tertiary/aromatic N) is 2. The van der Waals surface area contributed by atoms with Gasteiger partial charge in [0.05, 0.1) is 12.7 Å². The van der Waals surface area contributed by atoms with Crippen LogP contribution in [0.3, 0.4) is 0 Å².